The maximum absolute atomic E-state index is 12.8. The Balaban J connectivity index is 1.82. The highest BCUT2D eigenvalue weighted by molar-refractivity contribution is 5.98. The van der Waals surface area contributed by atoms with Crippen LogP contribution < -0.4 is 5.32 Å². The molecule has 2 aromatic rings. The van der Waals surface area contributed by atoms with E-state index < -0.39 is 17.2 Å². The molecule has 3 nitrogen and oxygen atoms in total. The number of amides is 1. The first-order chi connectivity index (χ1) is 11.4. The smallest absolute Gasteiger partial charge is 0.310 e. The maximum Gasteiger partial charge on any atom is 0.417 e. The lowest BCUT2D eigenvalue weighted by molar-refractivity contribution is -0.137. The van der Waals surface area contributed by atoms with Crippen LogP contribution in [0, 0.1) is 0 Å². The van der Waals surface area contributed by atoms with Crippen molar-refractivity contribution in [3.8, 4) is 0 Å². The van der Waals surface area contributed by atoms with E-state index in [1.807, 2.05) is 30.3 Å². The van der Waals surface area contributed by atoms with E-state index in [2.05, 4.69) is 10.3 Å². The van der Waals surface area contributed by atoms with E-state index in [0.29, 0.717) is 0 Å². The summed E-state index contributed by atoms with van der Waals surface area (Å²) in [7, 11) is 0. The van der Waals surface area contributed by atoms with Crippen molar-refractivity contribution in [2.75, 3.05) is 5.32 Å². The molecule has 1 amide bonds. The molecule has 1 heterocycles. The number of carbonyl (C=O) groups excluding carboxylic acids is 1. The number of pyridine rings is 1. The van der Waals surface area contributed by atoms with Crippen LogP contribution in [0.5, 0.6) is 0 Å². The molecule has 1 saturated carbocycles. The van der Waals surface area contributed by atoms with Crippen LogP contribution in [0.3, 0.4) is 0 Å². The molecule has 0 saturated heterocycles. The third-order valence-corrected chi connectivity index (χ3v) is 4.55. The Morgan fingerprint density at radius 1 is 1.04 bits per heavy atom. The lowest BCUT2D eigenvalue weighted by Gasteiger charge is -2.28. The number of nitrogens with one attached hydrogen (secondary N) is 1. The standard InChI is InChI=1S/C18H17F3N2O/c19-18(20,21)14-8-9-15(22-12-14)23-16(24)17(10-4-5-11-17)13-6-2-1-3-7-13/h1-3,6-9,12H,4-5,10-11H2,(H,22,23,24). The molecule has 1 fully saturated rings. The second-order valence-electron chi connectivity index (χ2n) is 6.04. The van der Waals surface area contributed by atoms with Gasteiger partial charge in [-0.2, -0.15) is 13.2 Å². The Morgan fingerprint density at radius 2 is 1.71 bits per heavy atom. The number of rotatable bonds is 3. The van der Waals surface area contributed by atoms with Gasteiger partial charge in [-0.05, 0) is 30.5 Å². The van der Waals surface area contributed by atoms with Crippen LogP contribution in [0.25, 0.3) is 0 Å². The van der Waals surface area contributed by atoms with Gasteiger partial charge in [0, 0.05) is 6.20 Å². The summed E-state index contributed by atoms with van der Waals surface area (Å²) in [5.41, 5.74) is -0.530. The van der Waals surface area contributed by atoms with Gasteiger partial charge in [-0.25, -0.2) is 4.98 Å². The number of nitrogens with zero attached hydrogens (tertiary/aromatic N) is 1. The molecule has 3 rings (SSSR count). The second kappa shape index (κ2) is 6.26. The van der Waals surface area contributed by atoms with E-state index in [-0.39, 0.29) is 11.7 Å². The van der Waals surface area contributed by atoms with Crippen LogP contribution in [0.15, 0.2) is 48.7 Å². The summed E-state index contributed by atoms with van der Waals surface area (Å²) >= 11 is 0. The van der Waals surface area contributed by atoms with Gasteiger partial charge >= 0.3 is 6.18 Å². The average molecular weight is 334 g/mol. The van der Waals surface area contributed by atoms with Crippen LogP contribution >= 0.6 is 0 Å². The van der Waals surface area contributed by atoms with Gasteiger partial charge in [0.05, 0.1) is 11.0 Å². The first-order valence-electron chi connectivity index (χ1n) is 7.82. The molecule has 0 spiro atoms. The largest absolute Gasteiger partial charge is 0.417 e. The Bertz CT molecular complexity index is 705. The van der Waals surface area contributed by atoms with Crippen molar-refractivity contribution < 1.29 is 18.0 Å². The number of hydrogen-bond donors (Lipinski definition) is 1. The molecular formula is C18H17F3N2O. The van der Waals surface area contributed by atoms with E-state index in [9.17, 15) is 18.0 Å². The van der Waals surface area contributed by atoms with Gasteiger partial charge < -0.3 is 5.32 Å². The van der Waals surface area contributed by atoms with E-state index in [1.54, 1.807) is 0 Å². The molecule has 126 valence electrons. The zero-order chi connectivity index (χ0) is 17.2. The lowest BCUT2D eigenvalue weighted by atomic mass is 9.78. The molecule has 1 N–H and O–H groups in total. The second-order valence-corrected chi connectivity index (χ2v) is 6.04. The molecule has 6 heteroatoms. The predicted molar refractivity (Wildman–Crippen MR) is 84.5 cm³/mol. The summed E-state index contributed by atoms with van der Waals surface area (Å²) in [5.74, 6) is -0.0753. The summed E-state index contributed by atoms with van der Waals surface area (Å²) < 4.78 is 37.7. The van der Waals surface area contributed by atoms with Crippen LogP contribution in [-0.4, -0.2) is 10.9 Å². The van der Waals surface area contributed by atoms with Gasteiger partial charge in [0.15, 0.2) is 0 Å². The predicted octanol–water partition coefficient (Wildman–Crippen LogP) is 4.55. The highest BCUT2D eigenvalue weighted by Crippen LogP contribution is 2.42. The minimum atomic E-state index is -4.44. The molecule has 1 aliphatic carbocycles. The van der Waals surface area contributed by atoms with Gasteiger partial charge in [-0.3, -0.25) is 4.79 Å². The Kier molecular flexibility index (Phi) is 4.30. The monoisotopic (exact) mass is 334 g/mol. The summed E-state index contributed by atoms with van der Waals surface area (Å²) in [6.45, 7) is 0. The highest BCUT2D eigenvalue weighted by Gasteiger charge is 2.42. The summed E-state index contributed by atoms with van der Waals surface area (Å²) in [6.07, 6.45) is -0.357. The average Bonchev–Trinajstić information content (AvgIpc) is 3.06. The topological polar surface area (TPSA) is 42.0 Å². The molecule has 0 atom stereocenters. The van der Waals surface area contributed by atoms with Gasteiger partial charge in [0.25, 0.3) is 0 Å². The third kappa shape index (κ3) is 3.13. The molecule has 0 bridgehead atoms. The maximum atomic E-state index is 12.8. The first-order valence-corrected chi connectivity index (χ1v) is 7.82. The molecule has 0 radical (unpaired) electrons. The lowest BCUT2D eigenvalue weighted by Crippen LogP contribution is -2.38. The number of carbonyl (C=O) groups is 1. The number of halogens is 3. The molecule has 1 aromatic carbocycles. The van der Waals surface area contributed by atoms with E-state index >= 15 is 0 Å². The van der Waals surface area contributed by atoms with Crippen molar-refractivity contribution in [3.05, 3.63) is 59.8 Å². The molecule has 1 aliphatic rings. The summed E-state index contributed by atoms with van der Waals surface area (Å²) in [5, 5.41) is 2.68. The van der Waals surface area contributed by atoms with Crippen molar-refractivity contribution in [2.24, 2.45) is 0 Å². The van der Waals surface area contributed by atoms with Gasteiger partial charge in [-0.15, -0.1) is 0 Å². The molecule has 24 heavy (non-hydrogen) atoms. The van der Waals surface area contributed by atoms with Crippen LogP contribution in [0.2, 0.25) is 0 Å². The number of alkyl halides is 3. The zero-order valence-corrected chi connectivity index (χ0v) is 12.9. The van der Waals surface area contributed by atoms with Gasteiger partial charge in [-0.1, -0.05) is 43.2 Å². The van der Waals surface area contributed by atoms with E-state index in [0.717, 1.165) is 43.5 Å². The fraction of sp³-hybridized carbons (Fsp3) is 0.333. The fourth-order valence-corrected chi connectivity index (χ4v) is 3.25. The van der Waals surface area contributed by atoms with E-state index in [1.165, 1.54) is 6.07 Å². The van der Waals surface area contributed by atoms with Crippen molar-refractivity contribution >= 4 is 11.7 Å². The fourth-order valence-electron chi connectivity index (χ4n) is 3.25. The van der Waals surface area contributed by atoms with Crippen LogP contribution in [0.4, 0.5) is 19.0 Å². The number of hydrogen-bond acceptors (Lipinski definition) is 2. The molecule has 0 unspecified atom stereocenters. The van der Waals surface area contributed by atoms with Crippen molar-refractivity contribution in [3.63, 3.8) is 0 Å². The van der Waals surface area contributed by atoms with Gasteiger partial charge in [0.1, 0.15) is 5.82 Å². The summed E-state index contributed by atoms with van der Waals surface area (Å²) in [4.78, 5) is 16.6. The Labute approximate surface area is 137 Å². The van der Waals surface area contributed by atoms with Crippen LogP contribution in [0.1, 0.15) is 36.8 Å². The Hall–Kier alpha value is -2.37. The number of aromatic nitrogens is 1. The normalized spacial score (nSPS) is 16.8. The zero-order valence-electron chi connectivity index (χ0n) is 12.9. The summed E-state index contributed by atoms with van der Waals surface area (Å²) in [6, 6.07) is 11.6. The quantitative estimate of drug-likeness (QED) is 0.895. The minimum Gasteiger partial charge on any atom is -0.310 e. The third-order valence-electron chi connectivity index (χ3n) is 4.55. The van der Waals surface area contributed by atoms with Crippen LogP contribution in [-0.2, 0) is 16.4 Å². The molecule has 1 aromatic heterocycles. The highest BCUT2D eigenvalue weighted by atomic mass is 19.4. The van der Waals surface area contributed by atoms with Crippen molar-refractivity contribution in [1.82, 2.24) is 4.98 Å². The van der Waals surface area contributed by atoms with E-state index in [4.69, 9.17) is 0 Å². The molecular weight excluding hydrogens is 317 g/mol. The minimum absolute atomic E-state index is 0.134. The van der Waals surface area contributed by atoms with Gasteiger partial charge in [0.2, 0.25) is 5.91 Å². The number of anilines is 1. The number of benzene rings is 1. The van der Waals surface area contributed by atoms with Crippen molar-refractivity contribution in [1.29, 1.82) is 0 Å². The van der Waals surface area contributed by atoms with Crippen molar-refractivity contribution in [2.45, 2.75) is 37.3 Å². The molecule has 0 aliphatic heterocycles. The Morgan fingerprint density at radius 3 is 2.25 bits per heavy atom. The SMILES string of the molecule is O=C(Nc1ccc(C(F)(F)F)cn1)C1(c2ccccc2)CCCC1. The first kappa shape index (κ1) is 16.5.